The van der Waals surface area contributed by atoms with Crippen molar-refractivity contribution in [3.63, 3.8) is 0 Å². The topological polar surface area (TPSA) is 45.7 Å². The first kappa shape index (κ1) is 14.9. The summed E-state index contributed by atoms with van der Waals surface area (Å²) in [7, 11) is 5.50. The van der Waals surface area contributed by atoms with Crippen molar-refractivity contribution in [2.75, 3.05) is 45.7 Å². The van der Waals surface area contributed by atoms with E-state index >= 15 is 0 Å². The first-order chi connectivity index (χ1) is 8.58. The van der Waals surface area contributed by atoms with Gasteiger partial charge < -0.3 is 14.5 Å². The molecule has 1 heterocycles. The molecule has 0 bridgehead atoms. The molecule has 0 fully saturated rings. The summed E-state index contributed by atoms with van der Waals surface area (Å²) in [5.41, 5.74) is 0.392. The summed E-state index contributed by atoms with van der Waals surface area (Å²) in [6.07, 6.45) is 1.08. The maximum atomic E-state index is 11.3. The highest BCUT2D eigenvalue weighted by atomic mass is 32.1. The van der Waals surface area contributed by atoms with Crippen LogP contribution in [0, 0.1) is 0 Å². The Morgan fingerprint density at radius 1 is 1.44 bits per heavy atom. The van der Waals surface area contributed by atoms with Crippen LogP contribution in [0.1, 0.15) is 23.8 Å². The molecule has 0 unspecified atom stereocenters. The van der Waals surface area contributed by atoms with Crippen molar-refractivity contribution in [1.29, 1.82) is 0 Å². The largest absolute Gasteiger partial charge is 0.464 e. The van der Waals surface area contributed by atoms with Gasteiger partial charge in [-0.15, -0.1) is 11.3 Å². The lowest BCUT2D eigenvalue weighted by molar-refractivity contribution is 0.0595. The quantitative estimate of drug-likeness (QED) is 0.706. The number of methoxy groups -OCH3 is 1. The molecule has 5 nitrogen and oxygen atoms in total. The van der Waals surface area contributed by atoms with E-state index in [4.69, 9.17) is 0 Å². The zero-order valence-electron chi connectivity index (χ0n) is 11.5. The molecule has 0 saturated heterocycles. The highest BCUT2D eigenvalue weighted by Gasteiger charge is 2.14. The maximum absolute atomic E-state index is 11.3. The van der Waals surface area contributed by atoms with E-state index in [0.717, 1.165) is 31.2 Å². The van der Waals surface area contributed by atoms with Crippen LogP contribution in [0.5, 0.6) is 0 Å². The lowest BCUT2D eigenvalue weighted by atomic mass is 10.4. The highest BCUT2D eigenvalue weighted by molar-refractivity contribution is 7.13. The average Bonchev–Trinajstić information content (AvgIpc) is 2.82. The predicted molar refractivity (Wildman–Crippen MR) is 74.5 cm³/mol. The third kappa shape index (κ3) is 4.27. The minimum absolute atomic E-state index is 0.373. The van der Waals surface area contributed by atoms with Crippen LogP contribution >= 0.6 is 11.3 Å². The van der Waals surface area contributed by atoms with Gasteiger partial charge >= 0.3 is 5.97 Å². The van der Waals surface area contributed by atoms with Gasteiger partial charge in [0.15, 0.2) is 10.8 Å². The fourth-order valence-electron chi connectivity index (χ4n) is 1.57. The van der Waals surface area contributed by atoms with Gasteiger partial charge in [-0.05, 0) is 34.0 Å². The molecule has 1 aromatic rings. The minimum atomic E-state index is -0.373. The Labute approximate surface area is 112 Å². The summed E-state index contributed by atoms with van der Waals surface area (Å²) in [4.78, 5) is 20.0. The Morgan fingerprint density at radius 2 is 2.17 bits per heavy atom. The van der Waals surface area contributed by atoms with Crippen molar-refractivity contribution in [3.8, 4) is 0 Å². The number of thiazole rings is 1. The lowest BCUT2D eigenvalue weighted by Gasteiger charge is -2.20. The smallest absolute Gasteiger partial charge is 0.357 e. The number of carbonyl (C=O) groups is 1. The summed E-state index contributed by atoms with van der Waals surface area (Å²) in [6, 6.07) is 0. The SMILES string of the molecule is CCN(CCCN(C)C)c1nc(C(=O)OC)cs1. The van der Waals surface area contributed by atoms with Crippen molar-refractivity contribution in [3.05, 3.63) is 11.1 Å². The highest BCUT2D eigenvalue weighted by Crippen LogP contribution is 2.21. The standard InChI is InChI=1S/C12H21N3O2S/c1-5-15(8-6-7-14(2)3)12-13-10(9-18-12)11(16)17-4/h9H,5-8H2,1-4H3. The van der Waals surface area contributed by atoms with Crippen molar-refractivity contribution in [2.45, 2.75) is 13.3 Å². The molecular weight excluding hydrogens is 250 g/mol. The number of rotatable bonds is 7. The van der Waals surface area contributed by atoms with Gasteiger partial charge in [0, 0.05) is 18.5 Å². The lowest BCUT2D eigenvalue weighted by Crippen LogP contribution is -2.27. The van der Waals surface area contributed by atoms with E-state index in [1.54, 1.807) is 5.38 Å². The van der Waals surface area contributed by atoms with E-state index in [-0.39, 0.29) is 5.97 Å². The second kappa shape index (κ2) is 7.33. The molecule has 18 heavy (non-hydrogen) atoms. The Hall–Kier alpha value is -1.14. The second-order valence-corrected chi connectivity index (χ2v) is 5.08. The number of nitrogens with zero attached hydrogens (tertiary/aromatic N) is 3. The monoisotopic (exact) mass is 271 g/mol. The van der Waals surface area contributed by atoms with Gasteiger partial charge in [-0.3, -0.25) is 0 Å². The van der Waals surface area contributed by atoms with E-state index in [0.29, 0.717) is 5.69 Å². The Morgan fingerprint density at radius 3 is 2.72 bits per heavy atom. The van der Waals surface area contributed by atoms with Crippen LogP contribution < -0.4 is 4.90 Å². The van der Waals surface area contributed by atoms with Gasteiger partial charge in [-0.1, -0.05) is 0 Å². The van der Waals surface area contributed by atoms with E-state index < -0.39 is 0 Å². The summed E-state index contributed by atoms with van der Waals surface area (Å²) in [5.74, 6) is -0.373. The third-order valence-electron chi connectivity index (χ3n) is 2.57. The number of carbonyl (C=O) groups excluding carboxylic acids is 1. The van der Waals surface area contributed by atoms with Gasteiger partial charge in [0.1, 0.15) is 0 Å². The number of hydrogen-bond acceptors (Lipinski definition) is 6. The summed E-state index contributed by atoms with van der Waals surface area (Å²) >= 11 is 1.49. The molecule has 0 aliphatic carbocycles. The number of anilines is 1. The Bertz CT molecular complexity index is 379. The van der Waals surface area contributed by atoms with Crippen LogP contribution in [-0.4, -0.2) is 56.7 Å². The summed E-state index contributed by atoms with van der Waals surface area (Å²) in [5, 5.41) is 2.63. The molecule has 1 rings (SSSR count). The molecule has 0 spiro atoms. The molecule has 0 radical (unpaired) electrons. The number of aromatic nitrogens is 1. The summed E-state index contributed by atoms with van der Waals surface area (Å²) in [6.45, 7) is 4.98. The first-order valence-electron chi connectivity index (χ1n) is 6.02. The molecule has 0 aromatic carbocycles. The molecule has 0 aliphatic heterocycles. The van der Waals surface area contributed by atoms with Crippen LogP contribution in [0.2, 0.25) is 0 Å². The minimum Gasteiger partial charge on any atom is -0.464 e. The normalized spacial score (nSPS) is 10.7. The van der Waals surface area contributed by atoms with Crippen molar-refractivity contribution in [2.24, 2.45) is 0 Å². The molecule has 0 amide bonds. The Balaban J connectivity index is 2.59. The number of ether oxygens (including phenoxy) is 1. The molecule has 0 N–H and O–H groups in total. The van der Waals surface area contributed by atoms with Crippen LogP contribution in [0.25, 0.3) is 0 Å². The van der Waals surface area contributed by atoms with Crippen LogP contribution in [0.15, 0.2) is 5.38 Å². The van der Waals surface area contributed by atoms with E-state index in [1.165, 1.54) is 18.4 Å². The van der Waals surface area contributed by atoms with Gasteiger partial charge in [-0.25, -0.2) is 9.78 Å². The van der Waals surface area contributed by atoms with E-state index in [2.05, 4.69) is 40.5 Å². The van der Waals surface area contributed by atoms with Crippen molar-refractivity contribution < 1.29 is 9.53 Å². The predicted octanol–water partition coefficient (Wildman–Crippen LogP) is 1.71. The van der Waals surface area contributed by atoms with Crippen molar-refractivity contribution in [1.82, 2.24) is 9.88 Å². The first-order valence-corrected chi connectivity index (χ1v) is 6.90. The molecule has 0 atom stereocenters. The number of esters is 1. The molecule has 0 aliphatic rings. The van der Waals surface area contributed by atoms with E-state index in [9.17, 15) is 4.79 Å². The molecule has 6 heteroatoms. The van der Waals surface area contributed by atoms with E-state index in [1.807, 2.05) is 0 Å². The summed E-state index contributed by atoms with van der Waals surface area (Å²) < 4.78 is 4.66. The van der Waals surface area contributed by atoms with Gasteiger partial charge in [-0.2, -0.15) is 0 Å². The van der Waals surface area contributed by atoms with Crippen LogP contribution in [0.4, 0.5) is 5.13 Å². The van der Waals surface area contributed by atoms with Crippen LogP contribution in [0.3, 0.4) is 0 Å². The Kier molecular flexibility index (Phi) is 6.07. The molecule has 102 valence electrons. The van der Waals surface area contributed by atoms with Gasteiger partial charge in [0.25, 0.3) is 0 Å². The maximum Gasteiger partial charge on any atom is 0.357 e. The second-order valence-electron chi connectivity index (χ2n) is 4.24. The van der Waals surface area contributed by atoms with Crippen LogP contribution in [-0.2, 0) is 4.74 Å². The fourth-order valence-corrected chi connectivity index (χ4v) is 2.46. The average molecular weight is 271 g/mol. The molecule has 1 aromatic heterocycles. The zero-order chi connectivity index (χ0) is 13.5. The molecular formula is C12H21N3O2S. The zero-order valence-corrected chi connectivity index (χ0v) is 12.3. The molecule has 0 saturated carbocycles. The fraction of sp³-hybridized carbons (Fsp3) is 0.667. The third-order valence-corrected chi connectivity index (χ3v) is 3.47. The van der Waals surface area contributed by atoms with Gasteiger partial charge in [0.05, 0.1) is 7.11 Å². The number of hydrogen-bond donors (Lipinski definition) is 0. The van der Waals surface area contributed by atoms with Crippen molar-refractivity contribution >= 4 is 22.4 Å². The van der Waals surface area contributed by atoms with Gasteiger partial charge in [0.2, 0.25) is 0 Å².